The number of carbonyl (C=O) groups is 2. The van der Waals surface area contributed by atoms with E-state index in [4.69, 9.17) is 4.74 Å². The van der Waals surface area contributed by atoms with Crippen LogP contribution < -0.4 is 10.6 Å². The minimum atomic E-state index is -0.593. The fourth-order valence-electron chi connectivity index (χ4n) is 2.37. The number of halogens is 1. The van der Waals surface area contributed by atoms with Crippen LogP contribution in [0.4, 0.5) is 16.2 Å². The van der Waals surface area contributed by atoms with Gasteiger partial charge in [-0.1, -0.05) is 58.4 Å². The van der Waals surface area contributed by atoms with Crippen LogP contribution in [0.15, 0.2) is 83.3 Å². The van der Waals surface area contributed by atoms with E-state index in [9.17, 15) is 9.59 Å². The predicted octanol–water partition coefficient (Wildman–Crippen LogP) is 5.45. The molecule has 2 amide bonds. The molecule has 6 heteroatoms. The molecule has 3 rings (SSSR count). The smallest absolute Gasteiger partial charge is 0.412 e. The first-order valence-electron chi connectivity index (χ1n) is 8.25. The average molecular weight is 425 g/mol. The third kappa shape index (κ3) is 5.43. The lowest BCUT2D eigenvalue weighted by Gasteiger charge is -2.12. The Hall–Kier alpha value is -3.12. The molecule has 3 aromatic rings. The van der Waals surface area contributed by atoms with Crippen molar-refractivity contribution in [2.45, 2.75) is 6.61 Å². The summed E-state index contributed by atoms with van der Waals surface area (Å²) in [6.07, 6.45) is -0.593. The number of benzene rings is 3. The molecule has 2 N–H and O–H groups in total. The van der Waals surface area contributed by atoms with Crippen molar-refractivity contribution in [3.05, 3.63) is 94.5 Å². The lowest BCUT2D eigenvalue weighted by atomic mass is 10.2. The third-order valence-electron chi connectivity index (χ3n) is 3.73. The Bertz CT molecular complexity index is 928. The molecule has 0 aromatic heterocycles. The summed E-state index contributed by atoms with van der Waals surface area (Å²) in [4.78, 5) is 24.5. The van der Waals surface area contributed by atoms with E-state index in [1.807, 2.05) is 30.3 Å². The molecule has 136 valence electrons. The van der Waals surface area contributed by atoms with Gasteiger partial charge in [0.15, 0.2) is 0 Å². The summed E-state index contributed by atoms with van der Waals surface area (Å²) in [6, 6.07) is 23.4. The van der Waals surface area contributed by atoms with Crippen LogP contribution in [-0.2, 0) is 11.3 Å². The lowest BCUT2D eigenvalue weighted by Crippen LogP contribution is -2.17. The number of para-hydroxylation sites is 2. The van der Waals surface area contributed by atoms with Crippen molar-refractivity contribution in [3.8, 4) is 0 Å². The van der Waals surface area contributed by atoms with Gasteiger partial charge in [-0.05, 0) is 42.0 Å². The largest absolute Gasteiger partial charge is 0.444 e. The van der Waals surface area contributed by atoms with Crippen LogP contribution in [0, 0.1) is 0 Å². The summed E-state index contributed by atoms with van der Waals surface area (Å²) in [5.41, 5.74) is 2.35. The van der Waals surface area contributed by atoms with Crippen molar-refractivity contribution in [2.75, 3.05) is 10.6 Å². The molecule has 0 unspecified atom stereocenters. The molecule has 0 aliphatic rings. The quantitative estimate of drug-likeness (QED) is 0.571. The molecule has 5 nitrogen and oxygen atoms in total. The molecule has 0 aliphatic carbocycles. The van der Waals surface area contributed by atoms with Crippen molar-refractivity contribution < 1.29 is 14.3 Å². The molecular weight excluding hydrogens is 408 g/mol. The van der Waals surface area contributed by atoms with Crippen LogP contribution in [0.3, 0.4) is 0 Å². The highest BCUT2D eigenvalue weighted by atomic mass is 79.9. The second kappa shape index (κ2) is 9.00. The highest BCUT2D eigenvalue weighted by molar-refractivity contribution is 9.10. The summed E-state index contributed by atoms with van der Waals surface area (Å²) in [6.45, 7) is 0.167. The van der Waals surface area contributed by atoms with E-state index in [-0.39, 0.29) is 12.5 Å². The van der Waals surface area contributed by atoms with Gasteiger partial charge in [0, 0.05) is 10.0 Å². The fourth-order valence-corrected chi connectivity index (χ4v) is 2.63. The number of rotatable bonds is 5. The van der Waals surface area contributed by atoms with Gasteiger partial charge in [0.1, 0.15) is 6.61 Å². The maximum Gasteiger partial charge on any atom is 0.412 e. The zero-order valence-corrected chi connectivity index (χ0v) is 15.9. The summed E-state index contributed by atoms with van der Waals surface area (Å²) in [7, 11) is 0. The summed E-state index contributed by atoms with van der Waals surface area (Å²) < 4.78 is 6.11. The molecule has 0 spiro atoms. The second-order valence-corrected chi connectivity index (χ2v) is 6.61. The third-order valence-corrected chi connectivity index (χ3v) is 4.26. The van der Waals surface area contributed by atoms with Gasteiger partial charge in [0.25, 0.3) is 5.91 Å². The summed E-state index contributed by atoms with van der Waals surface area (Å²) >= 11 is 3.34. The first-order chi connectivity index (χ1) is 13.1. The number of anilines is 2. The fraction of sp³-hybridized carbons (Fsp3) is 0.0476. The number of ether oxygens (including phenoxy) is 1. The van der Waals surface area contributed by atoms with Crippen molar-refractivity contribution >= 4 is 39.3 Å². The number of hydrogen-bond donors (Lipinski definition) is 2. The van der Waals surface area contributed by atoms with Gasteiger partial charge in [-0.25, -0.2) is 4.79 Å². The van der Waals surface area contributed by atoms with Gasteiger partial charge < -0.3 is 10.1 Å². The molecule has 27 heavy (non-hydrogen) atoms. The molecule has 0 saturated heterocycles. The van der Waals surface area contributed by atoms with E-state index in [1.165, 1.54) is 0 Å². The molecule has 0 saturated carbocycles. The van der Waals surface area contributed by atoms with E-state index < -0.39 is 6.09 Å². The lowest BCUT2D eigenvalue weighted by molar-refractivity contribution is 0.102. The molecule has 0 aliphatic heterocycles. The minimum absolute atomic E-state index is 0.167. The van der Waals surface area contributed by atoms with E-state index in [2.05, 4.69) is 26.6 Å². The highest BCUT2D eigenvalue weighted by Gasteiger charge is 2.11. The molecule has 0 heterocycles. The maximum atomic E-state index is 12.4. The Balaban J connectivity index is 1.64. The summed E-state index contributed by atoms with van der Waals surface area (Å²) in [5, 5.41) is 5.46. The molecule has 0 bridgehead atoms. The van der Waals surface area contributed by atoms with Gasteiger partial charge in [-0.15, -0.1) is 0 Å². The number of hydrogen-bond acceptors (Lipinski definition) is 3. The molecule has 0 atom stereocenters. The first kappa shape index (κ1) is 18.7. The molecule has 0 radical (unpaired) electrons. The maximum absolute atomic E-state index is 12.4. The van der Waals surface area contributed by atoms with Gasteiger partial charge in [-0.3, -0.25) is 10.1 Å². The molecule has 0 fully saturated rings. The predicted molar refractivity (Wildman–Crippen MR) is 109 cm³/mol. The highest BCUT2D eigenvalue weighted by Crippen LogP contribution is 2.22. The second-order valence-electron chi connectivity index (χ2n) is 5.69. The van der Waals surface area contributed by atoms with E-state index in [1.54, 1.807) is 48.5 Å². The van der Waals surface area contributed by atoms with Crippen LogP contribution in [0.1, 0.15) is 15.9 Å². The Morgan fingerprint density at radius 1 is 0.778 bits per heavy atom. The topological polar surface area (TPSA) is 67.4 Å². The Morgan fingerprint density at radius 2 is 1.37 bits per heavy atom. The van der Waals surface area contributed by atoms with Gasteiger partial charge in [0.05, 0.1) is 11.4 Å². The molecule has 3 aromatic carbocycles. The minimum Gasteiger partial charge on any atom is -0.444 e. The van der Waals surface area contributed by atoms with Crippen molar-refractivity contribution in [2.24, 2.45) is 0 Å². The van der Waals surface area contributed by atoms with Crippen molar-refractivity contribution in [1.29, 1.82) is 0 Å². The van der Waals surface area contributed by atoms with Crippen LogP contribution in [-0.4, -0.2) is 12.0 Å². The van der Waals surface area contributed by atoms with E-state index in [0.29, 0.717) is 16.9 Å². The average Bonchev–Trinajstić information content (AvgIpc) is 2.69. The standard InChI is InChI=1S/C21H17BrN2O3/c22-17-12-10-16(11-13-17)20(25)23-18-8-4-5-9-19(18)24-21(26)27-14-15-6-2-1-3-7-15/h1-13H,14H2,(H,23,25)(H,24,26). The Labute approximate surface area is 165 Å². The van der Waals surface area contributed by atoms with Crippen molar-refractivity contribution in [1.82, 2.24) is 0 Å². The van der Waals surface area contributed by atoms with Crippen LogP contribution in [0.2, 0.25) is 0 Å². The zero-order valence-electron chi connectivity index (χ0n) is 14.3. The van der Waals surface area contributed by atoms with Crippen LogP contribution in [0.25, 0.3) is 0 Å². The zero-order chi connectivity index (χ0) is 19.1. The van der Waals surface area contributed by atoms with Gasteiger partial charge in [0.2, 0.25) is 0 Å². The van der Waals surface area contributed by atoms with Gasteiger partial charge >= 0.3 is 6.09 Å². The van der Waals surface area contributed by atoms with Crippen LogP contribution in [0.5, 0.6) is 0 Å². The normalized spacial score (nSPS) is 10.1. The van der Waals surface area contributed by atoms with Crippen LogP contribution >= 0.6 is 15.9 Å². The SMILES string of the molecule is O=C(Nc1ccccc1NC(=O)c1ccc(Br)cc1)OCc1ccccc1. The Kier molecular flexibility index (Phi) is 6.22. The Morgan fingerprint density at radius 3 is 2.04 bits per heavy atom. The molecular formula is C21H17BrN2O3. The number of amides is 2. The summed E-state index contributed by atoms with van der Waals surface area (Å²) in [5.74, 6) is -0.269. The van der Waals surface area contributed by atoms with E-state index in [0.717, 1.165) is 10.0 Å². The number of carbonyl (C=O) groups excluding carboxylic acids is 2. The van der Waals surface area contributed by atoms with E-state index >= 15 is 0 Å². The van der Waals surface area contributed by atoms with Crippen molar-refractivity contribution in [3.63, 3.8) is 0 Å². The number of nitrogens with one attached hydrogen (secondary N) is 2. The monoisotopic (exact) mass is 424 g/mol. The first-order valence-corrected chi connectivity index (χ1v) is 9.05. The van der Waals surface area contributed by atoms with Gasteiger partial charge in [-0.2, -0.15) is 0 Å².